The number of aromatic nitrogens is 2. The van der Waals surface area contributed by atoms with E-state index < -0.39 is 5.97 Å². The first-order chi connectivity index (χ1) is 11.1. The Labute approximate surface area is 133 Å². The molecule has 116 valence electrons. The zero-order valence-electron chi connectivity index (χ0n) is 12.9. The molecule has 23 heavy (non-hydrogen) atoms. The van der Waals surface area contributed by atoms with E-state index in [1.165, 1.54) is 6.20 Å². The molecule has 0 atom stereocenters. The minimum absolute atomic E-state index is 0.00562. The second-order valence-electron chi connectivity index (χ2n) is 5.14. The number of aryl methyl sites for hydroxylation is 1. The van der Waals surface area contributed by atoms with Crippen LogP contribution >= 0.6 is 0 Å². The van der Waals surface area contributed by atoms with Crippen molar-refractivity contribution in [2.24, 2.45) is 0 Å². The predicted molar refractivity (Wildman–Crippen MR) is 87.2 cm³/mol. The van der Waals surface area contributed by atoms with Crippen LogP contribution in [0.5, 0.6) is 5.75 Å². The van der Waals surface area contributed by atoms with Crippen LogP contribution in [0.1, 0.15) is 16.1 Å². The maximum absolute atomic E-state index is 11.3. The molecule has 0 unspecified atom stereocenters. The fraction of sp³-hybridized carbons (Fsp3) is 0.111. The molecule has 5 nitrogen and oxygen atoms in total. The number of ether oxygens (including phenoxy) is 1. The zero-order valence-corrected chi connectivity index (χ0v) is 12.9. The van der Waals surface area contributed by atoms with Crippen molar-refractivity contribution < 1.29 is 14.6 Å². The van der Waals surface area contributed by atoms with Crippen LogP contribution in [0.25, 0.3) is 17.1 Å². The number of hydrogen-bond donors (Lipinski definition) is 1. The van der Waals surface area contributed by atoms with Gasteiger partial charge in [0.05, 0.1) is 12.8 Å². The van der Waals surface area contributed by atoms with Crippen LogP contribution in [-0.4, -0.2) is 27.7 Å². The van der Waals surface area contributed by atoms with Crippen LogP contribution in [0.4, 0.5) is 0 Å². The number of rotatable bonds is 4. The second-order valence-corrected chi connectivity index (χ2v) is 5.14. The van der Waals surface area contributed by atoms with Gasteiger partial charge in [-0.2, -0.15) is 0 Å². The molecule has 1 aromatic heterocycles. The third-order valence-corrected chi connectivity index (χ3v) is 3.64. The van der Waals surface area contributed by atoms with Crippen molar-refractivity contribution in [3.8, 4) is 22.8 Å². The Morgan fingerprint density at radius 2 is 1.96 bits per heavy atom. The summed E-state index contributed by atoms with van der Waals surface area (Å²) in [7, 11) is 1.60. The molecule has 0 fully saturated rings. The molecular weight excluding hydrogens is 292 g/mol. The summed E-state index contributed by atoms with van der Waals surface area (Å²) in [6.07, 6.45) is 1.53. The lowest BCUT2D eigenvalue weighted by Gasteiger charge is -2.10. The number of aromatic carboxylic acids is 1. The highest BCUT2D eigenvalue weighted by Crippen LogP contribution is 2.27. The highest BCUT2D eigenvalue weighted by molar-refractivity contribution is 5.86. The van der Waals surface area contributed by atoms with E-state index in [2.05, 4.69) is 4.98 Å². The molecule has 1 N–H and O–H groups in total. The summed E-state index contributed by atoms with van der Waals surface area (Å²) in [6.45, 7) is 1.97. The lowest BCUT2D eigenvalue weighted by atomic mass is 10.1. The van der Waals surface area contributed by atoms with E-state index in [1.807, 2.05) is 55.5 Å². The van der Waals surface area contributed by atoms with Gasteiger partial charge in [0.2, 0.25) is 0 Å². The van der Waals surface area contributed by atoms with Gasteiger partial charge in [-0.1, -0.05) is 30.3 Å². The monoisotopic (exact) mass is 308 g/mol. The van der Waals surface area contributed by atoms with Crippen LogP contribution in [0, 0.1) is 6.92 Å². The number of carbonyl (C=O) groups is 1. The zero-order chi connectivity index (χ0) is 16.4. The number of carboxylic acids is 1. The topological polar surface area (TPSA) is 64.3 Å². The smallest absolute Gasteiger partial charge is 0.356 e. The van der Waals surface area contributed by atoms with Crippen molar-refractivity contribution in [3.63, 3.8) is 0 Å². The summed E-state index contributed by atoms with van der Waals surface area (Å²) in [5.74, 6) is 0.235. The fourth-order valence-electron chi connectivity index (χ4n) is 2.45. The van der Waals surface area contributed by atoms with Gasteiger partial charge in [-0.3, -0.25) is 4.57 Å². The molecule has 0 amide bonds. The first-order valence-electron chi connectivity index (χ1n) is 7.13. The third kappa shape index (κ3) is 2.81. The number of carboxylic acid groups (broad SMARTS) is 1. The summed E-state index contributed by atoms with van der Waals surface area (Å²) < 4.78 is 7.02. The van der Waals surface area contributed by atoms with E-state index in [-0.39, 0.29) is 5.69 Å². The molecule has 0 aliphatic rings. The molecule has 2 aromatic carbocycles. The highest BCUT2D eigenvalue weighted by atomic mass is 16.5. The van der Waals surface area contributed by atoms with Gasteiger partial charge >= 0.3 is 5.97 Å². The number of hydrogen-bond acceptors (Lipinski definition) is 3. The first kappa shape index (κ1) is 14.8. The Balaban J connectivity index is 2.23. The van der Waals surface area contributed by atoms with E-state index in [1.54, 1.807) is 11.7 Å². The fourth-order valence-corrected chi connectivity index (χ4v) is 2.45. The minimum atomic E-state index is -1.05. The van der Waals surface area contributed by atoms with E-state index >= 15 is 0 Å². The van der Waals surface area contributed by atoms with Gasteiger partial charge in [-0.05, 0) is 24.6 Å². The van der Waals surface area contributed by atoms with Crippen LogP contribution in [0.15, 0.2) is 54.7 Å². The Hall–Kier alpha value is -3.08. The summed E-state index contributed by atoms with van der Waals surface area (Å²) in [5, 5.41) is 9.29. The number of imidazole rings is 1. The molecule has 0 bridgehead atoms. The van der Waals surface area contributed by atoms with Gasteiger partial charge in [0.15, 0.2) is 5.69 Å². The quantitative estimate of drug-likeness (QED) is 0.800. The standard InChI is InChI=1S/C18H16N2O3/c1-12-6-3-4-9-15(12)17-19-16(18(21)22)11-20(17)13-7-5-8-14(10-13)23-2/h3-11H,1-2H3,(H,21,22). The average molecular weight is 308 g/mol. The molecule has 0 saturated heterocycles. The van der Waals surface area contributed by atoms with Crippen molar-refractivity contribution in [1.82, 2.24) is 9.55 Å². The van der Waals surface area contributed by atoms with Gasteiger partial charge in [0, 0.05) is 17.8 Å². The largest absolute Gasteiger partial charge is 0.497 e. The van der Waals surface area contributed by atoms with E-state index in [9.17, 15) is 9.90 Å². The Morgan fingerprint density at radius 1 is 1.17 bits per heavy atom. The molecule has 3 aromatic rings. The van der Waals surface area contributed by atoms with Crippen LogP contribution in [-0.2, 0) is 0 Å². The number of methoxy groups -OCH3 is 1. The number of nitrogens with zero attached hydrogens (tertiary/aromatic N) is 2. The van der Waals surface area contributed by atoms with Crippen LogP contribution < -0.4 is 4.74 Å². The average Bonchev–Trinajstić information content (AvgIpc) is 3.01. The minimum Gasteiger partial charge on any atom is -0.497 e. The molecule has 0 aliphatic heterocycles. The molecular formula is C18H16N2O3. The molecule has 0 spiro atoms. The van der Waals surface area contributed by atoms with Gasteiger partial charge in [-0.25, -0.2) is 9.78 Å². The summed E-state index contributed by atoms with van der Waals surface area (Å²) in [5.41, 5.74) is 2.72. The highest BCUT2D eigenvalue weighted by Gasteiger charge is 2.17. The molecule has 1 heterocycles. The Bertz CT molecular complexity index is 868. The summed E-state index contributed by atoms with van der Waals surface area (Å²) in [4.78, 5) is 15.6. The molecule has 0 saturated carbocycles. The van der Waals surface area contributed by atoms with Crippen molar-refractivity contribution in [2.45, 2.75) is 6.92 Å². The third-order valence-electron chi connectivity index (χ3n) is 3.64. The van der Waals surface area contributed by atoms with Crippen molar-refractivity contribution >= 4 is 5.97 Å². The van der Waals surface area contributed by atoms with Gasteiger partial charge in [0.1, 0.15) is 11.6 Å². The first-order valence-corrected chi connectivity index (χ1v) is 7.13. The van der Waals surface area contributed by atoms with Crippen molar-refractivity contribution in [1.29, 1.82) is 0 Å². The van der Waals surface area contributed by atoms with E-state index in [0.717, 1.165) is 16.8 Å². The molecule has 5 heteroatoms. The maximum Gasteiger partial charge on any atom is 0.356 e. The predicted octanol–water partition coefficient (Wildman–Crippen LogP) is 3.55. The second kappa shape index (κ2) is 5.96. The SMILES string of the molecule is COc1cccc(-n2cc(C(=O)O)nc2-c2ccccc2C)c1. The van der Waals surface area contributed by atoms with E-state index in [4.69, 9.17) is 4.74 Å². The Kier molecular flexibility index (Phi) is 3.85. The summed E-state index contributed by atoms with van der Waals surface area (Å²) >= 11 is 0. The summed E-state index contributed by atoms with van der Waals surface area (Å²) in [6, 6.07) is 15.2. The normalized spacial score (nSPS) is 10.5. The maximum atomic E-state index is 11.3. The van der Waals surface area contributed by atoms with Gasteiger partial charge in [-0.15, -0.1) is 0 Å². The van der Waals surface area contributed by atoms with E-state index in [0.29, 0.717) is 11.6 Å². The van der Waals surface area contributed by atoms with Crippen LogP contribution in [0.3, 0.4) is 0 Å². The lowest BCUT2D eigenvalue weighted by molar-refractivity contribution is 0.0691. The molecule has 3 rings (SSSR count). The van der Waals surface area contributed by atoms with Crippen molar-refractivity contribution in [2.75, 3.05) is 7.11 Å². The van der Waals surface area contributed by atoms with Crippen LogP contribution in [0.2, 0.25) is 0 Å². The molecule has 0 aliphatic carbocycles. The van der Waals surface area contributed by atoms with Gasteiger partial charge < -0.3 is 9.84 Å². The number of benzene rings is 2. The Morgan fingerprint density at radius 3 is 2.65 bits per heavy atom. The molecule has 0 radical (unpaired) electrons. The van der Waals surface area contributed by atoms with Gasteiger partial charge in [0.25, 0.3) is 0 Å². The van der Waals surface area contributed by atoms with Crippen molar-refractivity contribution in [3.05, 3.63) is 66.0 Å². The lowest BCUT2D eigenvalue weighted by Crippen LogP contribution is -1.98.